The fourth-order valence-corrected chi connectivity index (χ4v) is 4.05. The van der Waals surface area contributed by atoms with E-state index < -0.39 is 0 Å². The molecule has 1 atom stereocenters. The number of rotatable bonds is 5. The number of hydrogen-bond donors (Lipinski definition) is 2. The Balaban J connectivity index is 1.46. The van der Waals surface area contributed by atoms with Crippen LogP contribution in [-0.2, 0) is 9.47 Å². The first kappa shape index (κ1) is 19.6. The number of thiocarbonyl (C=S) groups is 1. The summed E-state index contributed by atoms with van der Waals surface area (Å²) >= 11 is 5.47. The third kappa shape index (κ3) is 5.21. The number of hydrogen-bond acceptors (Lipinski definition) is 7. The molecule has 9 heteroatoms. The van der Waals surface area contributed by atoms with Crippen molar-refractivity contribution in [2.45, 2.75) is 38.2 Å². The molecule has 154 valence electrons. The van der Waals surface area contributed by atoms with Crippen LogP contribution in [0.5, 0.6) is 0 Å². The molecule has 0 spiro atoms. The van der Waals surface area contributed by atoms with Crippen LogP contribution in [0.3, 0.4) is 0 Å². The van der Waals surface area contributed by atoms with Crippen molar-refractivity contribution in [1.29, 1.82) is 0 Å². The van der Waals surface area contributed by atoms with Crippen LogP contribution in [-0.4, -0.2) is 73.7 Å². The maximum Gasteiger partial charge on any atom is 0.232 e. The summed E-state index contributed by atoms with van der Waals surface area (Å²) in [6.45, 7) is 6.79. The molecule has 2 N–H and O–H groups in total. The van der Waals surface area contributed by atoms with Crippen molar-refractivity contribution in [2.24, 2.45) is 0 Å². The van der Waals surface area contributed by atoms with Crippen LogP contribution < -0.4 is 20.4 Å². The molecule has 3 aliphatic rings. The number of nitrogens with one attached hydrogen (secondary N) is 2. The van der Waals surface area contributed by atoms with Gasteiger partial charge in [0.2, 0.25) is 5.95 Å². The minimum absolute atomic E-state index is 0.240. The molecule has 1 aromatic rings. The van der Waals surface area contributed by atoms with Gasteiger partial charge in [0.25, 0.3) is 0 Å². The first-order valence-electron chi connectivity index (χ1n) is 10.4. The van der Waals surface area contributed by atoms with Gasteiger partial charge in [0.1, 0.15) is 11.6 Å². The van der Waals surface area contributed by atoms with Crippen molar-refractivity contribution in [2.75, 3.05) is 67.7 Å². The van der Waals surface area contributed by atoms with E-state index in [2.05, 4.69) is 26.5 Å². The van der Waals surface area contributed by atoms with Crippen molar-refractivity contribution in [1.82, 2.24) is 15.3 Å². The Kier molecular flexibility index (Phi) is 6.77. The number of piperidine rings is 1. The van der Waals surface area contributed by atoms with Gasteiger partial charge >= 0.3 is 0 Å². The second kappa shape index (κ2) is 9.67. The van der Waals surface area contributed by atoms with E-state index in [1.165, 1.54) is 19.3 Å². The molecule has 0 unspecified atom stereocenters. The average Bonchev–Trinajstić information content (AvgIpc) is 3.27. The summed E-state index contributed by atoms with van der Waals surface area (Å²) in [7, 11) is 0. The van der Waals surface area contributed by atoms with E-state index in [1.54, 1.807) is 0 Å². The van der Waals surface area contributed by atoms with E-state index in [-0.39, 0.29) is 6.10 Å². The molecule has 4 heterocycles. The van der Waals surface area contributed by atoms with Gasteiger partial charge in [0.15, 0.2) is 5.11 Å². The van der Waals surface area contributed by atoms with Crippen molar-refractivity contribution >= 4 is 34.9 Å². The molecule has 0 saturated carbocycles. The molecule has 4 rings (SSSR count). The Hall–Kier alpha value is -1.71. The predicted molar refractivity (Wildman–Crippen MR) is 114 cm³/mol. The molecule has 3 fully saturated rings. The molecule has 0 radical (unpaired) electrons. The summed E-state index contributed by atoms with van der Waals surface area (Å²) in [5, 5.41) is 6.96. The van der Waals surface area contributed by atoms with Gasteiger partial charge in [0.05, 0.1) is 19.3 Å². The summed E-state index contributed by atoms with van der Waals surface area (Å²) in [5.74, 6) is 2.46. The minimum Gasteiger partial charge on any atom is -0.378 e. The maximum absolute atomic E-state index is 5.64. The van der Waals surface area contributed by atoms with E-state index in [1.807, 2.05) is 0 Å². The fourth-order valence-electron chi connectivity index (χ4n) is 3.87. The van der Waals surface area contributed by atoms with E-state index in [0.717, 1.165) is 70.5 Å². The topological polar surface area (TPSA) is 74.8 Å². The molecule has 3 aliphatic heterocycles. The molecule has 0 aliphatic carbocycles. The van der Waals surface area contributed by atoms with Crippen LogP contribution in [0.15, 0.2) is 6.07 Å². The third-order valence-electron chi connectivity index (χ3n) is 5.45. The van der Waals surface area contributed by atoms with Gasteiger partial charge in [-0.2, -0.15) is 9.97 Å². The lowest BCUT2D eigenvalue weighted by atomic mass is 10.1. The Labute approximate surface area is 172 Å². The monoisotopic (exact) mass is 406 g/mol. The number of anilines is 3. The van der Waals surface area contributed by atoms with Crippen LogP contribution in [0, 0.1) is 0 Å². The Morgan fingerprint density at radius 3 is 2.39 bits per heavy atom. The average molecular weight is 407 g/mol. The molecule has 3 saturated heterocycles. The highest BCUT2D eigenvalue weighted by molar-refractivity contribution is 7.80. The summed E-state index contributed by atoms with van der Waals surface area (Å²) in [6.07, 6.45) is 6.15. The van der Waals surface area contributed by atoms with Crippen LogP contribution in [0.4, 0.5) is 17.6 Å². The Bertz CT molecular complexity index is 622. The van der Waals surface area contributed by atoms with E-state index in [0.29, 0.717) is 17.6 Å². The second-order valence-electron chi connectivity index (χ2n) is 7.53. The van der Waals surface area contributed by atoms with Gasteiger partial charge < -0.3 is 29.9 Å². The highest BCUT2D eigenvalue weighted by atomic mass is 32.1. The first-order valence-corrected chi connectivity index (χ1v) is 10.8. The zero-order valence-corrected chi connectivity index (χ0v) is 17.2. The number of morpholine rings is 1. The second-order valence-corrected chi connectivity index (χ2v) is 7.93. The normalized spacial score (nSPS) is 22.9. The molecule has 0 bridgehead atoms. The Morgan fingerprint density at radius 1 is 1.00 bits per heavy atom. The van der Waals surface area contributed by atoms with E-state index in [9.17, 15) is 0 Å². The number of nitrogens with zero attached hydrogens (tertiary/aromatic N) is 4. The smallest absolute Gasteiger partial charge is 0.232 e. The van der Waals surface area contributed by atoms with Gasteiger partial charge in [-0.1, -0.05) is 0 Å². The lowest BCUT2D eigenvalue weighted by Gasteiger charge is -2.31. The molecular formula is C19H30N6O2S. The fraction of sp³-hybridized carbons (Fsp3) is 0.737. The lowest BCUT2D eigenvalue weighted by molar-refractivity contribution is 0.114. The highest BCUT2D eigenvalue weighted by Gasteiger charge is 2.20. The molecule has 8 nitrogen and oxygen atoms in total. The largest absolute Gasteiger partial charge is 0.378 e. The number of ether oxygens (including phenoxy) is 2. The van der Waals surface area contributed by atoms with Crippen LogP contribution in [0.1, 0.15) is 32.1 Å². The maximum atomic E-state index is 5.64. The standard InChI is InChI=1S/C19H30N6O2S/c28-19(20-14-15-5-4-10-27-15)23-18-21-16(24-6-2-1-3-7-24)13-17(22-18)25-8-11-26-12-9-25/h13,15H,1-12,14H2,(H2,20,21,22,23,28)/t15-/m1/s1. The highest BCUT2D eigenvalue weighted by Crippen LogP contribution is 2.24. The minimum atomic E-state index is 0.240. The molecule has 28 heavy (non-hydrogen) atoms. The summed E-state index contributed by atoms with van der Waals surface area (Å²) in [6, 6.07) is 2.10. The molecule has 1 aromatic heterocycles. The van der Waals surface area contributed by atoms with Crippen molar-refractivity contribution in [3.8, 4) is 0 Å². The molecular weight excluding hydrogens is 376 g/mol. The third-order valence-corrected chi connectivity index (χ3v) is 5.70. The van der Waals surface area contributed by atoms with Crippen molar-refractivity contribution < 1.29 is 9.47 Å². The summed E-state index contributed by atoms with van der Waals surface area (Å²) in [4.78, 5) is 14.1. The zero-order chi connectivity index (χ0) is 19.2. The van der Waals surface area contributed by atoms with Gasteiger partial charge in [-0.05, 0) is 44.3 Å². The molecule has 0 aromatic carbocycles. The van der Waals surface area contributed by atoms with Gasteiger partial charge in [-0.25, -0.2) is 0 Å². The van der Waals surface area contributed by atoms with E-state index in [4.69, 9.17) is 31.7 Å². The van der Waals surface area contributed by atoms with E-state index >= 15 is 0 Å². The van der Waals surface area contributed by atoms with Crippen LogP contribution >= 0.6 is 12.2 Å². The summed E-state index contributed by atoms with van der Waals surface area (Å²) in [5.41, 5.74) is 0. The first-order chi connectivity index (χ1) is 13.8. The van der Waals surface area contributed by atoms with Gasteiger partial charge in [-0.15, -0.1) is 0 Å². The Morgan fingerprint density at radius 2 is 1.71 bits per heavy atom. The SMILES string of the molecule is S=C(NC[C@H]1CCCO1)Nc1nc(N2CCCCC2)cc(N2CCOCC2)n1. The van der Waals surface area contributed by atoms with Crippen LogP contribution in [0.2, 0.25) is 0 Å². The van der Waals surface area contributed by atoms with Crippen molar-refractivity contribution in [3.05, 3.63) is 6.07 Å². The van der Waals surface area contributed by atoms with Crippen molar-refractivity contribution in [3.63, 3.8) is 0 Å². The molecule has 0 amide bonds. The van der Waals surface area contributed by atoms with Gasteiger partial charge in [-0.3, -0.25) is 0 Å². The van der Waals surface area contributed by atoms with Crippen LogP contribution in [0.25, 0.3) is 0 Å². The lowest BCUT2D eigenvalue weighted by Crippen LogP contribution is -2.38. The predicted octanol–water partition coefficient (Wildman–Crippen LogP) is 1.77. The quantitative estimate of drug-likeness (QED) is 0.712. The zero-order valence-electron chi connectivity index (χ0n) is 16.4. The van der Waals surface area contributed by atoms with Gasteiger partial charge in [0, 0.05) is 45.4 Å². The number of aromatic nitrogens is 2. The summed E-state index contributed by atoms with van der Waals surface area (Å²) < 4.78 is 11.1.